The number of hydrogen-bond donors (Lipinski definition) is 3. The van der Waals surface area contributed by atoms with Gasteiger partial charge in [0.15, 0.2) is 17.3 Å². The Morgan fingerprint density at radius 1 is 0.959 bits per heavy atom. The molecule has 2 aliphatic rings. The zero-order chi connectivity index (χ0) is 34.9. The van der Waals surface area contributed by atoms with Gasteiger partial charge in [-0.3, -0.25) is 14.5 Å². The van der Waals surface area contributed by atoms with Crippen molar-refractivity contribution in [3.63, 3.8) is 0 Å². The zero-order valence-corrected chi connectivity index (χ0v) is 29.4. The molecular formula is C37H48N8O4. The lowest BCUT2D eigenvalue weighted by atomic mass is 9.85. The number of ketones is 1. The monoisotopic (exact) mass is 668 g/mol. The SMILES string of the molecule is CC(C)(C)c1cc(NC(=O)N[C@H]2CC[C@@H](Oc3ccc4nnc(C(C)(C)C)n4c3)c3ccccc32)nc(C(=O)CCCN2CC[C@@H](O)C2)n1. The summed E-state index contributed by atoms with van der Waals surface area (Å²) in [6, 6.07) is 13.0. The van der Waals surface area contributed by atoms with Crippen LogP contribution in [0.5, 0.6) is 5.75 Å². The molecule has 4 heterocycles. The second-order valence-electron chi connectivity index (χ2n) is 15.3. The summed E-state index contributed by atoms with van der Waals surface area (Å²) in [5, 5.41) is 24.5. The van der Waals surface area contributed by atoms with E-state index in [9.17, 15) is 14.7 Å². The Bertz CT molecular complexity index is 1830. The lowest BCUT2D eigenvalue weighted by Gasteiger charge is -2.32. The van der Waals surface area contributed by atoms with Crippen molar-refractivity contribution in [1.82, 2.24) is 34.8 Å². The summed E-state index contributed by atoms with van der Waals surface area (Å²) < 4.78 is 8.53. The lowest BCUT2D eigenvalue weighted by molar-refractivity contribution is 0.0964. The van der Waals surface area contributed by atoms with Crippen molar-refractivity contribution in [3.05, 3.63) is 77.1 Å². The number of rotatable bonds is 9. The molecule has 6 rings (SSSR count). The van der Waals surface area contributed by atoms with Crippen molar-refractivity contribution in [2.75, 3.05) is 25.0 Å². The lowest BCUT2D eigenvalue weighted by Crippen LogP contribution is -2.36. The van der Waals surface area contributed by atoms with E-state index in [0.717, 1.165) is 47.9 Å². The fourth-order valence-electron chi connectivity index (χ4n) is 6.56. The van der Waals surface area contributed by atoms with Crippen LogP contribution in [0.3, 0.4) is 0 Å². The van der Waals surface area contributed by atoms with Gasteiger partial charge in [-0.05, 0) is 55.5 Å². The first kappa shape index (κ1) is 34.4. The molecule has 1 fully saturated rings. The van der Waals surface area contributed by atoms with Gasteiger partial charge in [0, 0.05) is 36.4 Å². The maximum atomic E-state index is 13.4. The number of hydrogen-bond acceptors (Lipinski definition) is 9. The molecule has 0 unspecified atom stereocenters. The number of benzene rings is 1. The number of β-amino-alcohol motifs (C(OH)–C–C–N with tert-alkyl or cyclic N) is 1. The van der Waals surface area contributed by atoms with E-state index in [-0.39, 0.29) is 46.5 Å². The van der Waals surface area contributed by atoms with Crippen LogP contribution >= 0.6 is 0 Å². The number of Topliss-reactive ketones (excluding diaryl/α,β-unsaturated/α-hetero) is 1. The van der Waals surface area contributed by atoms with Gasteiger partial charge in [-0.25, -0.2) is 14.8 Å². The van der Waals surface area contributed by atoms with Gasteiger partial charge < -0.3 is 20.1 Å². The number of aliphatic hydroxyl groups is 1. The van der Waals surface area contributed by atoms with E-state index >= 15 is 0 Å². The van der Waals surface area contributed by atoms with E-state index in [1.807, 2.05) is 67.8 Å². The van der Waals surface area contributed by atoms with Gasteiger partial charge in [0.25, 0.3) is 0 Å². The van der Waals surface area contributed by atoms with Crippen LogP contribution in [0, 0.1) is 0 Å². The van der Waals surface area contributed by atoms with Crippen molar-refractivity contribution < 1.29 is 19.4 Å². The van der Waals surface area contributed by atoms with Gasteiger partial charge in [0.05, 0.1) is 24.0 Å². The highest BCUT2D eigenvalue weighted by molar-refractivity contribution is 5.94. The third kappa shape index (κ3) is 8.08. The first-order valence-electron chi connectivity index (χ1n) is 17.3. The number of ether oxygens (including phenoxy) is 1. The number of likely N-dealkylation sites (tertiary alicyclic amines) is 1. The highest BCUT2D eigenvalue weighted by Gasteiger charge is 2.30. The van der Waals surface area contributed by atoms with E-state index < -0.39 is 6.03 Å². The van der Waals surface area contributed by atoms with Crippen molar-refractivity contribution in [3.8, 4) is 5.75 Å². The zero-order valence-electron chi connectivity index (χ0n) is 29.4. The molecule has 0 radical (unpaired) electrons. The Morgan fingerprint density at radius 2 is 1.73 bits per heavy atom. The molecule has 3 N–H and O–H groups in total. The number of pyridine rings is 1. The number of aromatic nitrogens is 5. The van der Waals surface area contributed by atoms with Gasteiger partial charge in [-0.1, -0.05) is 65.8 Å². The smallest absolute Gasteiger partial charge is 0.320 e. The van der Waals surface area contributed by atoms with Gasteiger partial charge in [0.2, 0.25) is 0 Å². The predicted octanol–water partition coefficient (Wildman–Crippen LogP) is 5.92. The van der Waals surface area contributed by atoms with Crippen molar-refractivity contribution in [1.29, 1.82) is 0 Å². The highest BCUT2D eigenvalue weighted by atomic mass is 16.5. The molecule has 3 atom stereocenters. The molecule has 2 amide bonds. The van der Waals surface area contributed by atoms with Crippen LogP contribution < -0.4 is 15.4 Å². The molecule has 49 heavy (non-hydrogen) atoms. The molecule has 1 aromatic carbocycles. The Hall–Kier alpha value is -4.42. The summed E-state index contributed by atoms with van der Waals surface area (Å²) >= 11 is 0. The first-order chi connectivity index (χ1) is 23.2. The van der Waals surface area contributed by atoms with Crippen LogP contribution in [0.25, 0.3) is 5.65 Å². The van der Waals surface area contributed by atoms with Crippen LogP contribution in [0.15, 0.2) is 48.7 Å². The molecular weight excluding hydrogens is 620 g/mol. The van der Waals surface area contributed by atoms with Gasteiger partial charge >= 0.3 is 6.03 Å². The minimum absolute atomic E-state index is 0.103. The highest BCUT2D eigenvalue weighted by Crippen LogP contribution is 2.39. The van der Waals surface area contributed by atoms with Crippen LogP contribution in [0.2, 0.25) is 0 Å². The van der Waals surface area contributed by atoms with Crippen molar-refractivity contribution >= 4 is 23.3 Å². The number of aliphatic hydroxyl groups excluding tert-OH is 1. The number of anilines is 1. The minimum Gasteiger partial charge on any atom is -0.484 e. The molecule has 0 saturated carbocycles. The molecule has 0 spiro atoms. The van der Waals surface area contributed by atoms with Crippen molar-refractivity contribution in [2.45, 2.75) is 103 Å². The van der Waals surface area contributed by atoms with Gasteiger partial charge in [-0.15, -0.1) is 10.2 Å². The summed E-state index contributed by atoms with van der Waals surface area (Å²) in [5.41, 5.74) is 2.92. The molecule has 3 aromatic heterocycles. The number of fused-ring (bicyclic) bond motifs is 2. The second-order valence-corrected chi connectivity index (χ2v) is 15.3. The quantitative estimate of drug-likeness (QED) is 0.185. The molecule has 1 saturated heterocycles. The van der Waals surface area contributed by atoms with Gasteiger partial charge in [-0.2, -0.15) is 0 Å². The fourth-order valence-corrected chi connectivity index (χ4v) is 6.56. The number of nitrogens with one attached hydrogen (secondary N) is 2. The molecule has 12 nitrogen and oxygen atoms in total. The molecule has 260 valence electrons. The van der Waals surface area contributed by atoms with Crippen LogP contribution in [-0.4, -0.2) is 72.1 Å². The molecule has 0 bridgehead atoms. The Kier molecular flexibility index (Phi) is 9.72. The maximum Gasteiger partial charge on any atom is 0.320 e. The van der Waals surface area contributed by atoms with E-state index in [1.165, 1.54) is 0 Å². The Balaban J connectivity index is 1.13. The predicted molar refractivity (Wildman–Crippen MR) is 187 cm³/mol. The average molecular weight is 669 g/mol. The van der Waals surface area contributed by atoms with Crippen LogP contribution in [0.1, 0.15) is 119 Å². The van der Waals surface area contributed by atoms with E-state index in [1.54, 1.807) is 6.07 Å². The number of carbonyl (C=O) groups is 2. The topological polar surface area (TPSA) is 147 Å². The third-order valence-electron chi connectivity index (χ3n) is 9.18. The molecule has 4 aromatic rings. The second kappa shape index (κ2) is 13.8. The summed E-state index contributed by atoms with van der Waals surface area (Å²) in [7, 11) is 0. The fraction of sp³-hybridized carbons (Fsp3) is 0.514. The normalized spacial score (nSPS) is 19.9. The standard InChI is InChI=1S/C37H48N8O4/c1-36(2,3)30-20-31(40-33(39-30)28(47)12-9-18-44-19-17-23(46)21-44)41-35(48)38-27-14-15-29(26-11-8-7-10-25(26)27)49-24-13-16-32-42-43-34(37(4,5)6)45(32)22-24/h7-8,10-11,13,16,20,22-23,27,29,46H,9,12,14-15,17-19,21H2,1-6H3,(H2,38,39,40,41,48)/t23-,27+,29-/m1/s1. The summed E-state index contributed by atoms with van der Waals surface area (Å²) in [6.45, 7) is 14.6. The van der Waals surface area contributed by atoms with Gasteiger partial charge in [0.1, 0.15) is 23.5 Å². The molecule has 1 aliphatic heterocycles. The first-order valence-corrected chi connectivity index (χ1v) is 17.3. The Morgan fingerprint density at radius 3 is 2.45 bits per heavy atom. The van der Waals surface area contributed by atoms with E-state index in [2.05, 4.69) is 56.5 Å². The van der Waals surface area contributed by atoms with E-state index in [0.29, 0.717) is 37.9 Å². The van der Waals surface area contributed by atoms with Crippen LogP contribution in [0.4, 0.5) is 10.6 Å². The number of carbonyl (C=O) groups excluding carboxylic acids is 2. The van der Waals surface area contributed by atoms with Crippen molar-refractivity contribution in [2.24, 2.45) is 0 Å². The summed E-state index contributed by atoms with van der Waals surface area (Å²) in [5.74, 6) is 1.81. The summed E-state index contributed by atoms with van der Waals surface area (Å²) in [4.78, 5) is 37.8. The minimum atomic E-state index is -0.406. The van der Waals surface area contributed by atoms with Crippen LogP contribution in [-0.2, 0) is 10.8 Å². The third-order valence-corrected chi connectivity index (χ3v) is 9.18. The number of amides is 2. The number of nitrogens with zero attached hydrogens (tertiary/aromatic N) is 6. The maximum absolute atomic E-state index is 13.4. The largest absolute Gasteiger partial charge is 0.484 e. The van der Waals surface area contributed by atoms with E-state index in [4.69, 9.17) is 4.74 Å². The summed E-state index contributed by atoms with van der Waals surface area (Å²) in [6.07, 6.45) is 4.55. The average Bonchev–Trinajstić information content (AvgIpc) is 3.67. The molecule has 12 heteroatoms. The molecule has 1 aliphatic carbocycles. The Labute approximate surface area is 287 Å². The number of urea groups is 1.